The summed E-state index contributed by atoms with van der Waals surface area (Å²) in [6, 6.07) is 6.63. The maximum atomic E-state index is 15.3. The molecule has 0 bridgehead atoms. The highest BCUT2D eigenvalue weighted by Gasteiger charge is 2.49. The fourth-order valence-corrected chi connectivity index (χ4v) is 5.39. The van der Waals surface area contributed by atoms with Crippen molar-refractivity contribution in [3.63, 3.8) is 0 Å². The Labute approximate surface area is 206 Å². The summed E-state index contributed by atoms with van der Waals surface area (Å²) in [5.41, 5.74) is 2.52. The third-order valence-corrected chi connectivity index (χ3v) is 7.94. The van der Waals surface area contributed by atoms with E-state index >= 15 is 4.39 Å². The van der Waals surface area contributed by atoms with Gasteiger partial charge in [-0.15, -0.1) is 5.10 Å². The van der Waals surface area contributed by atoms with E-state index in [0.29, 0.717) is 5.69 Å². The number of aryl methyl sites for hydroxylation is 1. The van der Waals surface area contributed by atoms with Gasteiger partial charge in [0.15, 0.2) is 9.84 Å². The molecular weight excluding hydrogens is 504 g/mol. The van der Waals surface area contributed by atoms with Gasteiger partial charge in [0.2, 0.25) is 5.72 Å². The molecule has 8 nitrogen and oxygen atoms in total. The number of amides is 2. The fraction of sp³-hybridized carbons (Fsp3) is 0.478. The number of alkyl halides is 4. The number of nitrogens with zero attached hydrogens (tertiary/aromatic N) is 3. The van der Waals surface area contributed by atoms with Crippen molar-refractivity contribution in [2.24, 2.45) is 5.10 Å². The number of rotatable bonds is 4. The molecule has 13 heteroatoms. The van der Waals surface area contributed by atoms with Gasteiger partial charge in [-0.1, -0.05) is 24.3 Å². The number of ether oxygens (including phenoxy) is 1. The molecule has 1 saturated heterocycles. The van der Waals surface area contributed by atoms with Crippen LogP contribution in [0, 0.1) is 6.92 Å². The fourth-order valence-electron chi connectivity index (χ4n) is 4.19. The molecule has 0 aromatic heterocycles. The zero-order chi connectivity index (χ0) is 26.3. The van der Waals surface area contributed by atoms with Crippen LogP contribution in [0.15, 0.2) is 52.7 Å². The van der Waals surface area contributed by atoms with Gasteiger partial charge in [-0.25, -0.2) is 17.6 Å². The number of halogens is 4. The van der Waals surface area contributed by atoms with E-state index < -0.39 is 39.8 Å². The van der Waals surface area contributed by atoms with Crippen LogP contribution in [0.5, 0.6) is 0 Å². The molecule has 196 valence electrons. The van der Waals surface area contributed by atoms with E-state index in [1.807, 2.05) is 13.0 Å². The lowest BCUT2D eigenvalue weighted by Gasteiger charge is -2.35. The molecule has 0 radical (unpaired) electrons. The van der Waals surface area contributed by atoms with Crippen molar-refractivity contribution in [1.82, 2.24) is 10.3 Å². The van der Waals surface area contributed by atoms with Gasteiger partial charge in [0, 0.05) is 32.1 Å². The van der Waals surface area contributed by atoms with Crippen LogP contribution in [0.1, 0.15) is 18.9 Å². The van der Waals surface area contributed by atoms with Crippen LogP contribution >= 0.6 is 0 Å². The van der Waals surface area contributed by atoms with Gasteiger partial charge >= 0.3 is 18.1 Å². The van der Waals surface area contributed by atoms with Gasteiger partial charge in [-0.3, -0.25) is 10.3 Å². The Hall–Kier alpha value is -3.09. The lowest BCUT2D eigenvalue weighted by molar-refractivity contribution is -0.0846. The first-order chi connectivity index (χ1) is 16.8. The maximum absolute atomic E-state index is 15.3. The Morgan fingerprint density at radius 3 is 2.56 bits per heavy atom. The Balaban J connectivity index is 1.57. The molecule has 2 heterocycles. The lowest BCUT2D eigenvalue weighted by Crippen LogP contribution is -2.51. The van der Waals surface area contributed by atoms with Crippen LogP contribution in [-0.2, 0) is 14.6 Å². The molecule has 1 N–H and O–H groups in total. The van der Waals surface area contributed by atoms with Crippen molar-refractivity contribution in [2.45, 2.75) is 38.3 Å². The Bertz CT molecular complexity index is 1230. The van der Waals surface area contributed by atoms with Gasteiger partial charge in [0.05, 0.1) is 18.1 Å². The second kappa shape index (κ2) is 9.41. The van der Waals surface area contributed by atoms with Gasteiger partial charge in [0.1, 0.15) is 6.17 Å². The van der Waals surface area contributed by atoms with Crippen LogP contribution < -0.4 is 10.3 Å². The number of allylic oxidation sites excluding steroid dienone is 2. The first-order valence-electron chi connectivity index (χ1n) is 11.3. The molecule has 1 aromatic carbocycles. The Morgan fingerprint density at radius 2 is 1.97 bits per heavy atom. The highest BCUT2D eigenvalue weighted by atomic mass is 32.2. The van der Waals surface area contributed by atoms with E-state index in [0.717, 1.165) is 5.56 Å². The van der Waals surface area contributed by atoms with Crippen molar-refractivity contribution < 1.29 is 35.5 Å². The molecular formula is C23H26F4N4O4S. The quantitative estimate of drug-likeness (QED) is 0.603. The van der Waals surface area contributed by atoms with Gasteiger partial charge < -0.3 is 9.64 Å². The minimum Gasteiger partial charge on any atom is -0.441 e. The van der Waals surface area contributed by atoms with Crippen LogP contribution in [0.4, 0.5) is 28.0 Å². The number of hydrazone groups is 1. The molecule has 3 aliphatic rings. The number of sulfone groups is 1. The molecule has 0 spiro atoms. The number of hydrogen-bond donors (Lipinski definition) is 1. The van der Waals surface area contributed by atoms with Crippen LogP contribution in [-0.4, -0.2) is 74.5 Å². The zero-order valence-corrected chi connectivity index (χ0v) is 20.5. The normalized spacial score (nSPS) is 25.8. The number of nitrogens with one attached hydrogen (secondary N) is 1. The summed E-state index contributed by atoms with van der Waals surface area (Å²) >= 11 is 0. The van der Waals surface area contributed by atoms with E-state index in [9.17, 15) is 26.4 Å². The molecule has 36 heavy (non-hydrogen) atoms. The van der Waals surface area contributed by atoms with Crippen LogP contribution in [0.3, 0.4) is 0 Å². The summed E-state index contributed by atoms with van der Waals surface area (Å²) in [5, 5.41) is 3.20. The summed E-state index contributed by atoms with van der Waals surface area (Å²) in [6.07, 6.45) is -3.72. The van der Waals surface area contributed by atoms with E-state index in [1.54, 1.807) is 18.2 Å². The van der Waals surface area contributed by atoms with Gasteiger partial charge in [0.25, 0.3) is 0 Å². The second-order valence-electron chi connectivity index (χ2n) is 9.11. The van der Waals surface area contributed by atoms with Crippen molar-refractivity contribution in [3.8, 4) is 0 Å². The summed E-state index contributed by atoms with van der Waals surface area (Å²) in [5.74, 6) is -1.72. The van der Waals surface area contributed by atoms with E-state index in [2.05, 4.69) is 10.5 Å². The minimum absolute atomic E-state index is 0.0362. The minimum atomic E-state index is -4.78. The summed E-state index contributed by atoms with van der Waals surface area (Å²) in [4.78, 5) is 16.2. The predicted octanol–water partition coefficient (Wildman–Crippen LogP) is 3.46. The number of benzene rings is 1. The topological polar surface area (TPSA) is 91.3 Å². The molecule has 2 aliphatic heterocycles. The van der Waals surface area contributed by atoms with E-state index in [1.165, 1.54) is 28.9 Å². The molecule has 4 rings (SSSR count). The van der Waals surface area contributed by atoms with Crippen molar-refractivity contribution in [2.75, 3.05) is 36.0 Å². The van der Waals surface area contributed by atoms with Crippen LogP contribution in [0.25, 0.3) is 0 Å². The first-order valence-corrected chi connectivity index (χ1v) is 13.1. The summed E-state index contributed by atoms with van der Waals surface area (Å²) in [6.45, 7) is 3.13. The van der Waals surface area contributed by atoms with Gasteiger partial charge in [-0.05, 0) is 35.8 Å². The average Bonchev–Trinajstić information content (AvgIpc) is 3.22. The third kappa shape index (κ3) is 5.50. The molecule has 1 aromatic rings. The molecule has 1 aliphatic carbocycles. The van der Waals surface area contributed by atoms with E-state index in [-0.39, 0.29) is 48.7 Å². The maximum Gasteiger partial charge on any atom is 0.470 e. The van der Waals surface area contributed by atoms with E-state index in [4.69, 9.17) is 4.74 Å². The van der Waals surface area contributed by atoms with Crippen molar-refractivity contribution in [3.05, 3.63) is 53.1 Å². The molecule has 1 fully saturated rings. The summed E-state index contributed by atoms with van der Waals surface area (Å²) in [7, 11) is -3.20. The molecule has 2 amide bonds. The zero-order valence-electron chi connectivity index (χ0n) is 19.7. The summed E-state index contributed by atoms with van der Waals surface area (Å²) < 4.78 is 82.7. The lowest BCUT2D eigenvalue weighted by atomic mass is 9.90. The highest BCUT2D eigenvalue weighted by molar-refractivity contribution is 7.91. The molecule has 0 saturated carbocycles. The second-order valence-corrected chi connectivity index (χ2v) is 11.4. The standard InChI is InChI=1S/C23H26F4N4O4S/c1-15-4-3-5-18(12-15)31(21(32)30-8-10-36(33,34)11-9-30)14-16-6-7-17(13-19(16)24)22(2)29-28-20(35-22)23(25,26)27/h3-7,12,19,29H,8-11,13-14H2,1-2H3. The monoisotopic (exact) mass is 530 g/mol. The molecule has 2 unspecified atom stereocenters. The Kier molecular flexibility index (Phi) is 6.80. The van der Waals surface area contributed by atoms with Gasteiger partial charge in [-0.2, -0.15) is 13.2 Å². The SMILES string of the molecule is Cc1cccc(N(CC2=CC=C(C3(C)NN=C(C(F)(F)F)O3)CC2F)C(=O)N2CCS(=O)(=O)CC2)c1. The van der Waals surface area contributed by atoms with Crippen molar-refractivity contribution >= 4 is 27.5 Å². The first kappa shape index (κ1) is 26.0. The van der Waals surface area contributed by atoms with Crippen molar-refractivity contribution in [1.29, 1.82) is 0 Å². The largest absolute Gasteiger partial charge is 0.470 e. The smallest absolute Gasteiger partial charge is 0.441 e. The molecule has 2 atom stereocenters. The predicted molar refractivity (Wildman–Crippen MR) is 126 cm³/mol. The Morgan fingerprint density at radius 1 is 1.28 bits per heavy atom. The number of carbonyl (C=O) groups is 1. The number of carbonyl (C=O) groups excluding carboxylic acids is 1. The highest BCUT2D eigenvalue weighted by Crippen LogP contribution is 2.36. The van der Waals surface area contributed by atoms with Crippen LogP contribution in [0.2, 0.25) is 0 Å². The third-order valence-electron chi connectivity index (χ3n) is 6.33. The average molecular weight is 531 g/mol. The number of urea groups is 1. The number of hydrogen-bond acceptors (Lipinski definition) is 6. The number of anilines is 1.